The Hall–Kier alpha value is -5.82. The summed E-state index contributed by atoms with van der Waals surface area (Å²) in [7, 11) is 0. The van der Waals surface area contributed by atoms with Crippen molar-refractivity contribution in [1.82, 2.24) is 66.2 Å². The minimum Gasteiger partial charge on any atom is -0.396 e. The first-order valence-electron chi connectivity index (χ1n) is 37.8. The van der Waals surface area contributed by atoms with Gasteiger partial charge in [0.25, 0.3) is 0 Å². The molecule has 4 amide bonds. The topological polar surface area (TPSA) is 544 Å². The van der Waals surface area contributed by atoms with Crippen LogP contribution in [0.25, 0.3) is 0 Å². The van der Waals surface area contributed by atoms with Crippen molar-refractivity contribution in [2.75, 3.05) is 205 Å². The summed E-state index contributed by atoms with van der Waals surface area (Å²) in [5.74, 6) is -1.56. The molecule has 0 aromatic carbocycles. The van der Waals surface area contributed by atoms with E-state index in [2.05, 4.69) is 52.2 Å². The van der Waals surface area contributed by atoms with E-state index in [1.807, 2.05) is 0 Å². The van der Waals surface area contributed by atoms with Crippen molar-refractivity contribution in [3.63, 3.8) is 0 Å². The molecule has 6 aliphatic rings. The molecular formula is C68H113N13O32. The van der Waals surface area contributed by atoms with Crippen molar-refractivity contribution >= 4 is 23.6 Å². The van der Waals surface area contributed by atoms with E-state index in [0.29, 0.717) is 136 Å². The minimum absolute atomic E-state index is 0.00314. The van der Waals surface area contributed by atoms with Crippen LogP contribution in [0, 0.1) is 0 Å². The Bertz CT molecular complexity index is 2940. The second kappa shape index (κ2) is 47.5. The molecule has 0 saturated carbocycles. The van der Waals surface area contributed by atoms with E-state index in [0.717, 1.165) is 0 Å². The highest BCUT2D eigenvalue weighted by atomic mass is 16.8. The van der Waals surface area contributed by atoms with Crippen LogP contribution >= 0.6 is 0 Å². The van der Waals surface area contributed by atoms with Crippen LogP contribution in [0.15, 0.2) is 18.6 Å². The van der Waals surface area contributed by atoms with Crippen LogP contribution in [0.4, 0.5) is 0 Å². The fourth-order valence-electron chi connectivity index (χ4n) is 12.8. The Labute approximate surface area is 651 Å². The quantitative estimate of drug-likeness (QED) is 0.0234. The summed E-state index contributed by atoms with van der Waals surface area (Å²) >= 11 is 0. The lowest BCUT2D eigenvalue weighted by Gasteiger charge is -2.42. The molecule has 6 bridgehead atoms. The van der Waals surface area contributed by atoms with Gasteiger partial charge in [-0.15, -0.1) is 15.3 Å². The Morgan fingerprint density at radius 3 is 0.947 bits per heavy atom. The van der Waals surface area contributed by atoms with Gasteiger partial charge >= 0.3 is 0 Å². The molecule has 6 aliphatic heterocycles. The second-order valence-electron chi connectivity index (χ2n) is 27.8. The average molecular weight is 1620 g/mol. The van der Waals surface area contributed by atoms with Gasteiger partial charge in [-0.2, -0.15) is 0 Å². The van der Waals surface area contributed by atoms with Gasteiger partial charge in [0.15, 0.2) is 18.9 Å². The highest BCUT2D eigenvalue weighted by Gasteiger charge is 2.62. The number of carbonyl (C=O) groups excluding carboxylic acids is 4. The number of ether oxygens (including phenoxy) is 21. The summed E-state index contributed by atoms with van der Waals surface area (Å²) in [6.45, 7) is 9.96. The Kier molecular flexibility index (Phi) is 38.3. The molecule has 6 saturated heterocycles. The zero-order valence-electron chi connectivity index (χ0n) is 64.1. The summed E-state index contributed by atoms with van der Waals surface area (Å²) in [6, 6.07) is -2.72. The Morgan fingerprint density at radius 1 is 0.416 bits per heavy atom. The van der Waals surface area contributed by atoms with Crippen molar-refractivity contribution in [2.45, 2.75) is 169 Å². The van der Waals surface area contributed by atoms with Gasteiger partial charge in [-0.05, 0) is 6.42 Å². The summed E-state index contributed by atoms with van der Waals surface area (Å²) < 4.78 is 126. The number of fused-ring (bicyclic) bond motifs is 6. The number of nitrogens with one attached hydrogen (secondary N) is 4. The standard InChI is InChI=1S/C68H113N13O32/c1-46(83)69-53-56(87)59(90)66(43-108-62(53)111-66)40-102-28-25-99-22-19-96-16-13-93-10-6-79-31-49(73-76-79)34-105-37-65(72-52(86)5-4-9-82,38-106-35-50-32-80(77-74-50)7-11-94-14-17-97-20-23-100-26-29-103-41-67-44-109-63(112-67)54(70-47(2)84)57(88)60(67)91)39-107-36-51-33-81(78-75-51)8-12-95-15-18-98-21-24-101-27-30-104-42-68-45-110-64(113-68)55(71-48(3)85)58(89)61(68)92/h31-33,53-64,82,87-92H,4-30,34-45H2,1-3H3,(H,69,83)(H,70,84)(H,71,85)(H,72,86)/t53-,54-,55-,56-,57-,58-,59-,60-,61-,62+,63+,64+,66+,67+,68+/m1/s1. The van der Waals surface area contributed by atoms with E-state index in [1.54, 1.807) is 32.6 Å². The first-order valence-corrected chi connectivity index (χ1v) is 37.8. The summed E-state index contributed by atoms with van der Waals surface area (Å²) in [6.07, 6.45) is -5.32. The fraction of sp³-hybridized carbons (Fsp3) is 0.853. The minimum atomic E-state index is -1.34. The van der Waals surface area contributed by atoms with Crippen LogP contribution in [0.1, 0.15) is 50.7 Å². The number of aliphatic hydroxyl groups is 7. The van der Waals surface area contributed by atoms with E-state index >= 15 is 0 Å². The van der Waals surface area contributed by atoms with E-state index in [4.69, 9.17) is 99.5 Å². The fourth-order valence-corrected chi connectivity index (χ4v) is 12.8. The molecule has 0 aliphatic carbocycles. The maximum absolute atomic E-state index is 13.6. The Morgan fingerprint density at radius 2 is 0.681 bits per heavy atom. The SMILES string of the molecule is CC(=O)N[C@H]1[C@H]2OC[C@](COCCOCCOCCOCCn3cc(COCC(COCc4cn(CCOCCOCCOCCOC[C@@]56CO[C@@H](O5)[C@H](NC(C)=O)[C@@H](O)[C@H]6O)nn4)(COCc4cn(CCOCCOCCOCCOC[C@@]56CO[C@@H](O5)[C@H](NC(C)=O)[C@@H](O)[C@H]6O)nn4)NC(=O)CCCO)nn3)(O2)[C@H](O)[C@@H]1O. The third-order valence-electron chi connectivity index (χ3n) is 18.6. The van der Waals surface area contributed by atoms with Crippen LogP contribution < -0.4 is 21.3 Å². The molecule has 3 aromatic rings. The van der Waals surface area contributed by atoms with Gasteiger partial charge in [-0.25, -0.2) is 14.0 Å². The smallest absolute Gasteiger partial charge is 0.220 e. The largest absolute Gasteiger partial charge is 0.396 e. The zero-order valence-corrected chi connectivity index (χ0v) is 64.1. The van der Waals surface area contributed by atoms with Crippen LogP contribution in [0.2, 0.25) is 0 Å². The Balaban J connectivity index is 0.652. The zero-order chi connectivity index (χ0) is 80.3. The van der Waals surface area contributed by atoms with E-state index in [1.165, 1.54) is 20.8 Å². The van der Waals surface area contributed by atoms with Gasteiger partial charge < -0.3 is 156 Å². The number of hydrogen-bond donors (Lipinski definition) is 11. The molecule has 9 heterocycles. The molecule has 113 heavy (non-hydrogen) atoms. The molecule has 0 unspecified atom stereocenters. The normalized spacial score (nSPS) is 27.2. The second-order valence-corrected chi connectivity index (χ2v) is 27.8. The van der Waals surface area contributed by atoms with Crippen LogP contribution in [-0.4, -0.2) is 405 Å². The molecular weight excluding hydrogens is 1510 g/mol. The lowest BCUT2D eigenvalue weighted by molar-refractivity contribution is -0.238. The van der Waals surface area contributed by atoms with Crippen LogP contribution in [0.5, 0.6) is 0 Å². The molecule has 0 spiro atoms. The molecule has 3 aromatic heterocycles. The van der Waals surface area contributed by atoms with Gasteiger partial charge in [0, 0.05) is 33.8 Å². The summed E-state index contributed by atoms with van der Waals surface area (Å²) in [4.78, 5) is 48.2. The maximum atomic E-state index is 13.6. The highest BCUT2D eigenvalue weighted by Crippen LogP contribution is 2.40. The third kappa shape index (κ3) is 28.5. The predicted molar refractivity (Wildman–Crippen MR) is 376 cm³/mol. The number of carbonyl (C=O) groups is 4. The van der Waals surface area contributed by atoms with Crippen molar-refractivity contribution in [3.8, 4) is 0 Å². The molecule has 11 N–H and O–H groups in total. The monoisotopic (exact) mass is 1620 g/mol. The molecule has 6 fully saturated rings. The van der Waals surface area contributed by atoms with E-state index < -0.39 is 114 Å². The van der Waals surface area contributed by atoms with Crippen LogP contribution in [0.3, 0.4) is 0 Å². The van der Waals surface area contributed by atoms with Gasteiger partial charge in [0.1, 0.15) is 94.2 Å². The lowest BCUT2D eigenvalue weighted by atomic mass is 9.88. The van der Waals surface area contributed by atoms with Crippen molar-refractivity contribution in [2.24, 2.45) is 0 Å². The molecule has 0 radical (unpaired) electrons. The molecule has 642 valence electrons. The van der Waals surface area contributed by atoms with Crippen molar-refractivity contribution < 1.29 is 154 Å². The number of aliphatic hydroxyl groups excluding tert-OH is 7. The van der Waals surface area contributed by atoms with Crippen molar-refractivity contribution in [3.05, 3.63) is 35.7 Å². The number of aromatic nitrogens is 9. The lowest BCUT2D eigenvalue weighted by Crippen LogP contribution is -2.66. The summed E-state index contributed by atoms with van der Waals surface area (Å²) in [5, 5.41) is 110. The summed E-state index contributed by atoms with van der Waals surface area (Å²) in [5.41, 5.74) is -3.64. The molecule has 45 heteroatoms. The first-order chi connectivity index (χ1) is 54.7. The van der Waals surface area contributed by atoms with Crippen molar-refractivity contribution in [1.29, 1.82) is 0 Å². The highest BCUT2D eigenvalue weighted by molar-refractivity contribution is 5.77. The van der Waals surface area contributed by atoms with Gasteiger partial charge in [0.05, 0.1) is 256 Å². The maximum Gasteiger partial charge on any atom is 0.220 e. The number of hydrogen-bond acceptors (Lipinski definition) is 38. The first kappa shape index (κ1) is 91.1. The number of rotatable bonds is 61. The van der Waals surface area contributed by atoms with Gasteiger partial charge in [-0.1, -0.05) is 15.6 Å². The van der Waals surface area contributed by atoms with E-state index in [9.17, 15) is 54.9 Å². The predicted octanol–water partition coefficient (Wildman–Crippen LogP) is -7.71. The molecule has 9 rings (SSSR count). The van der Waals surface area contributed by atoms with Gasteiger partial charge in [-0.3, -0.25) is 19.2 Å². The average Bonchev–Trinajstić information content (AvgIpc) is 1.66. The van der Waals surface area contributed by atoms with E-state index in [-0.39, 0.29) is 144 Å². The number of amides is 4. The molecule has 15 atom stereocenters. The third-order valence-corrected chi connectivity index (χ3v) is 18.6. The van der Waals surface area contributed by atoms with Crippen LogP contribution in [-0.2, 0) is 158 Å². The van der Waals surface area contributed by atoms with Gasteiger partial charge in [0.2, 0.25) is 23.6 Å². The molecule has 45 nitrogen and oxygen atoms in total. The number of nitrogens with zero attached hydrogens (tertiary/aromatic N) is 9.